The zero-order valence-electron chi connectivity index (χ0n) is 16.8. The molecule has 0 radical (unpaired) electrons. The summed E-state index contributed by atoms with van der Waals surface area (Å²) in [5.74, 6) is -3.24. The van der Waals surface area contributed by atoms with Gasteiger partial charge in [0.1, 0.15) is 0 Å². The molecule has 1 fully saturated rings. The number of hydrogen-bond acceptors (Lipinski definition) is 7. The van der Waals surface area contributed by atoms with Gasteiger partial charge < -0.3 is 9.84 Å². The second-order valence-electron chi connectivity index (χ2n) is 6.97. The Kier molecular flexibility index (Phi) is 7.20. The van der Waals surface area contributed by atoms with E-state index in [0.29, 0.717) is 17.7 Å². The second kappa shape index (κ2) is 9.87. The van der Waals surface area contributed by atoms with E-state index in [1.807, 2.05) is 6.20 Å². The smallest absolute Gasteiger partial charge is 0.475 e. The fourth-order valence-electron chi connectivity index (χ4n) is 3.15. The Hall–Kier alpha value is -3.32. The molecule has 2 aromatic rings. The molecule has 13 heteroatoms. The van der Waals surface area contributed by atoms with E-state index >= 15 is 0 Å². The van der Waals surface area contributed by atoms with Crippen molar-refractivity contribution in [2.75, 3.05) is 32.8 Å². The molecular formula is C19H20F3N5O5. The number of rotatable bonds is 5. The number of morpholine rings is 1. The molecule has 1 aromatic carbocycles. The fourth-order valence-corrected chi connectivity index (χ4v) is 3.15. The third kappa shape index (κ3) is 5.68. The van der Waals surface area contributed by atoms with Crippen molar-refractivity contribution < 1.29 is 37.4 Å². The van der Waals surface area contributed by atoms with Crippen molar-refractivity contribution in [1.29, 1.82) is 0 Å². The molecule has 0 atom stereocenters. The summed E-state index contributed by atoms with van der Waals surface area (Å²) < 4.78 is 38.7. The van der Waals surface area contributed by atoms with Crippen molar-refractivity contribution in [3.05, 3.63) is 47.3 Å². The van der Waals surface area contributed by atoms with Gasteiger partial charge in [0.15, 0.2) is 0 Å². The van der Waals surface area contributed by atoms with Gasteiger partial charge in [0.25, 0.3) is 11.8 Å². The van der Waals surface area contributed by atoms with Crippen LogP contribution < -0.4 is 0 Å². The van der Waals surface area contributed by atoms with Crippen LogP contribution in [0.1, 0.15) is 26.4 Å². The topological polar surface area (TPSA) is 118 Å². The first-order chi connectivity index (χ1) is 15.2. The van der Waals surface area contributed by atoms with Crippen LogP contribution in [0.25, 0.3) is 0 Å². The fraction of sp³-hybridized carbons (Fsp3) is 0.421. The van der Waals surface area contributed by atoms with Gasteiger partial charge in [-0.1, -0.05) is 17.3 Å². The maximum atomic E-state index is 12.3. The van der Waals surface area contributed by atoms with Gasteiger partial charge in [0.05, 0.1) is 36.6 Å². The van der Waals surface area contributed by atoms with Crippen molar-refractivity contribution in [1.82, 2.24) is 24.8 Å². The van der Waals surface area contributed by atoms with Crippen LogP contribution >= 0.6 is 0 Å². The summed E-state index contributed by atoms with van der Waals surface area (Å²) in [6.45, 7) is 4.72. The third-order valence-corrected chi connectivity index (χ3v) is 4.75. The van der Waals surface area contributed by atoms with E-state index in [1.165, 1.54) is 4.90 Å². The summed E-state index contributed by atoms with van der Waals surface area (Å²) in [4.78, 5) is 37.1. The van der Waals surface area contributed by atoms with Crippen LogP contribution in [0, 0.1) is 0 Å². The van der Waals surface area contributed by atoms with Crippen molar-refractivity contribution in [3.63, 3.8) is 0 Å². The van der Waals surface area contributed by atoms with E-state index in [0.717, 1.165) is 38.5 Å². The van der Waals surface area contributed by atoms with Crippen LogP contribution in [0.5, 0.6) is 0 Å². The average molecular weight is 455 g/mol. The highest BCUT2D eigenvalue weighted by atomic mass is 19.4. The second-order valence-corrected chi connectivity index (χ2v) is 6.97. The first-order valence-corrected chi connectivity index (χ1v) is 9.61. The first kappa shape index (κ1) is 23.3. The van der Waals surface area contributed by atoms with E-state index in [4.69, 9.17) is 14.6 Å². The highest BCUT2D eigenvalue weighted by Gasteiger charge is 2.38. The minimum Gasteiger partial charge on any atom is -0.475 e. The van der Waals surface area contributed by atoms with Crippen LogP contribution in [0.15, 0.2) is 30.5 Å². The third-order valence-electron chi connectivity index (χ3n) is 4.75. The molecule has 0 aliphatic carbocycles. The van der Waals surface area contributed by atoms with Crippen molar-refractivity contribution >= 4 is 17.8 Å². The van der Waals surface area contributed by atoms with Crippen molar-refractivity contribution in [2.45, 2.75) is 19.3 Å². The Bertz CT molecular complexity index is 953. The molecule has 4 rings (SSSR count). The zero-order valence-corrected chi connectivity index (χ0v) is 16.8. The zero-order chi connectivity index (χ0) is 23.3. The molecule has 2 amide bonds. The van der Waals surface area contributed by atoms with E-state index in [-0.39, 0.29) is 18.4 Å². The predicted octanol–water partition coefficient (Wildman–Crippen LogP) is 1.04. The molecule has 3 heterocycles. The van der Waals surface area contributed by atoms with Crippen LogP contribution in [-0.2, 0) is 22.6 Å². The van der Waals surface area contributed by atoms with Gasteiger partial charge in [0.2, 0.25) is 0 Å². The number of aromatic nitrogens is 3. The minimum absolute atomic E-state index is 0.241. The summed E-state index contributed by atoms with van der Waals surface area (Å²) in [5, 5.41) is 15.4. The molecule has 10 nitrogen and oxygen atoms in total. The number of carbonyl (C=O) groups is 3. The number of hydrogen-bond donors (Lipinski definition) is 1. The number of benzene rings is 1. The maximum Gasteiger partial charge on any atom is 0.490 e. The Morgan fingerprint density at radius 2 is 1.62 bits per heavy atom. The van der Waals surface area contributed by atoms with E-state index < -0.39 is 12.1 Å². The van der Waals surface area contributed by atoms with Crippen LogP contribution in [-0.4, -0.2) is 86.7 Å². The lowest BCUT2D eigenvalue weighted by atomic mass is 10.1. The SMILES string of the molecule is O=C(O)C(F)(F)F.O=C1c2ccccc2C(=O)N1CCn1cc(CN2CCOCC2)nn1. The van der Waals surface area contributed by atoms with Crippen molar-refractivity contribution in [2.24, 2.45) is 0 Å². The molecular weight excluding hydrogens is 435 g/mol. The van der Waals surface area contributed by atoms with Gasteiger partial charge in [0, 0.05) is 32.4 Å². The Morgan fingerprint density at radius 1 is 1.06 bits per heavy atom. The molecule has 1 N–H and O–H groups in total. The van der Waals surface area contributed by atoms with E-state index in [1.54, 1.807) is 28.9 Å². The number of amides is 2. The van der Waals surface area contributed by atoms with Gasteiger partial charge in [-0.3, -0.25) is 24.1 Å². The summed E-state index contributed by atoms with van der Waals surface area (Å²) in [6, 6.07) is 6.91. The molecule has 32 heavy (non-hydrogen) atoms. The normalized spacial score (nSPS) is 16.5. The first-order valence-electron chi connectivity index (χ1n) is 9.61. The molecule has 0 spiro atoms. The van der Waals surface area contributed by atoms with Gasteiger partial charge >= 0.3 is 12.1 Å². The molecule has 1 saturated heterocycles. The number of halogens is 3. The highest BCUT2D eigenvalue weighted by Crippen LogP contribution is 2.22. The van der Waals surface area contributed by atoms with Gasteiger partial charge in [-0.15, -0.1) is 5.10 Å². The molecule has 2 aliphatic heterocycles. The van der Waals surface area contributed by atoms with E-state index in [2.05, 4.69) is 15.2 Å². The summed E-state index contributed by atoms with van der Waals surface area (Å²) >= 11 is 0. The molecule has 0 saturated carbocycles. The van der Waals surface area contributed by atoms with Crippen molar-refractivity contribution in [3.8, 4) is 0 Å². The Labute approximate surface area is 180 Å². The lowest BCUT2D eigenvalue weighted by Crippen LogP contribution is -2.35. The number of nitrogens with zero attached hydrogens (tertiary/aromatic N) is 5. The molecule has 172 valence electrons. The molecule has 0 unspecified atom stereocenters. The number of fused-ring (bicyclic) bond motifs is 1. The summed E-state index contributed by atoms with van der Waals surface area (Å²) in [7, 11) is 0. The number of alkyl halides is 3. The number of aliphatic carboxylic acids is 1. The number of imide groups is 1. The predicted molar refractivity (Wildman–Crippen MR) is 102 cm³/mol. The lowest BCUT2D eigenvalue weighted by molar-refractivity contribution is -0.192. The van der Waals surface area contributed by atoms with E-state index in [9.17, 15) is 22.8 Å². The number of carbonyl (C=O) groups excluding carboxylic acids is 2. The monoisotopic (exact) mass is 455 g/mol. The summed E-state index contributed by atoms with van der Waals surface area (Å²) in [6.07, 6.45) is -3.21. The highest BCUT2D eigenvalue weighted by molar-refractivity contribution is 6.21. The van der Waals surface area contributed by atoms with Gasteiger partial charge in [-0.05, 0) is 12.1 Å². The average Bonchev–Trinajstić information content (AvgIpc) is 3.30. The van der Waals surface area contributed by atoms with Crippen LogP contribution in [0.3, 0.4) is 0 Å². The van der Waals surface area contributed by atoms with Crippen LogP contribution in [0.2, 0.25) is 0 Å². The molecule has 2 aliphatic rings. The maximum absolute atomic E-state index is 12.3. The van der Waals surface area contributed by atoms with Crippen LogP contribution in [0.4, 0.5) is 13.2 Å². The minimum atomic E-state index is -5.08. The lowest BCUT2D eigenvalue weighted by Gasteiger charge is -2.25. The molecule has 1 aromatic heterocycles. The number of carboxylic acid groups (broad SMARTS) is 1. The number of ether oxygens (including phenoxy) is 1. The quantitative estimate of drug-likeness (QED) is 0.665. The largest absolute Gasteiger partial charge is 0.490 e. The standard InChI is InChI=1S/C17H19N5O3.C2HF3O2/c23-16-14-3-1-2-4-15(14)17(24)22(16)6-5-21-12-13(18-19-21)11-20-7-9-25-10-8-20;3-2(4,5)1(6)7/h1-4,12H,5-11H2;(H,6,7). The van der Waals surface area contributed by atoms with Gasteiger partial charge in [-0.25, -0.2) is 4.79 Å². The molecule has 0 bridgehead atoms. The Morgan fingerprint density at radius 3 is 2.16 bits per heavy atom. The number of carboxylic acids is 1. The summed E-state index contributed by atoms with van der Waals surface area (Å²) in [5.41, 5.74) is 1.82. The van der Waals surface area contributed by atoms with Gasteiger partial charge in [-0.2, -0.15) is 13.2 Å². The Balaban J connectivity index is 0.000000360.